The number of hydrogen-bond donors (Lipinski definition) is 1. The topological polar surface area (TPSA) is 108 Å². The molecule has 0 saturated carbocycles. The number of rotatable bonds is 36. The summed E-state index contributed by atoms with van der Waals surface area (Å²) in [5.74, 6) is -0.887. The number of quaternary nitrogens is 1. The highest BCUT2D eigenvalue weighted by Gasteiger charge is 2.27. The van der Waals surface area contributed by atoms with E-state index in [1.54, 1.807) is 0 Å². The molecule has 0 heterocycles. The van der Waals surface area contributed by atoms with E-state index in [4.69, 9.17) is 18.5 Å². The Hall–Kier alpha value is -2.29. The van der Waals surface area contributed by atoms with Crippen molar-refractivity contribution in [2.45, 2.75) is 155 Å². The lowest BCUT2D eigenvalue weighted by Crippen LogP contribution is -2.37. The Morgan fingerprint density at radius 2 is 1.08 bits per heavy atom. The van der Waals surface area contributed by atoms with Gasteiger partial charge >= 0.3 is 19.8 Å². The largest absolute Gasteiger partial charge is 0.472 e. The number of phosphoric ester groups is 1. The van der Waals surface area contributed by atoms with Crippen LogP contribution in [0.3, 0.4) is 0 Å². The standard InChI is InChI=1S/C43H76NO8P/c1-6-8-10-12-14-16-18-20-21-22-24-25-27-29-31-33-35-42(45)49-39-41(40-51-53(47,48)50-38-37-44(3,4)5)52-43(46)36-34-32-30-28-26-23-19-17-15-13-11-9-7-2/h9,11,13,15,17,19,23,26,28,30,41H,6-8,10,12,14,16,18,20-22,24-25,27,29,31-40H2,1-5H3/p+1/b11-9+,15-13+,19-17+,26-23+,30-28+. The van der Waals surface area contributed by atoms with Crippen LogP contribution in [0, 0.1) is 0 Å². The van der Waals surface area contributed by atoms with Crippen molar-refractivity contribution in [1.82, 2.24) is 0 Å². The molecular weight excluding hydrogens is 689 g/mol. The predicted molar refractivity (Wildman–Crippen MR) is 219 cm³/mol. The van der Waals surface area contributed by atoms with Crippen LogP contribution < -0.4 is 0 Å². The summed E-state index contributed by atoms with van der Waals surface area (Å²) in [5.41, 5.74) is 0. The van der Waals surface area contributed by atoms with Crippen molar-refractivity contribution in [1.29, 1.82) is 0 Å². The Labute approximate surface area is 324 Å². The molecule has 0 amide bonds. The van der Waals surface area contributed by atoms with E-state index >= 15 is 0 Å². The molecule has 0 saturated heterocycles. The number of allylic oxidation sites excluding steroid dienone is 10. The van der Waals surface area contributed by atoms with Crippen LogP contribution in [0.15, 0.2) is 60.8 Å². The zero-order chi connectivity index (χ0) is 39.3. The summed E-state index contributed by atoms with van der Waals surface area (Å²) in [4.78, 5) is 35.2. The molecule has 2 atom stereocenters. The average molecular weight is 767 g/mol. The smallest absolute Gasteiger partial charge is 0.462 e. The summed E-state index contributed by atoms with van der Waals surface area (Å²) in [7, 11) is 1.42. The maximum absolute atomic E-state index is 12.6. The molecule has 0 radical (unpaired) electrons. The van der Waals surface area contributed by atoms with Crippen LogP contribution in [0.5, 0.6) is 0 Å². The van der Waals surface area contributed by atoms with Gasteiger partial charge in [-0.15, -0.1) is 0 Å². The summed E-state index contributed by atoms with van der Waals surface area (Å²) in [6.45, 7) is 4.18. The zero-order valence-electron chi connectivity index (χ0n) is 34.2. The number of nitrogens with zero attached hydrogens (tertiary/aromatic N) is 1. The monoisotopic (exact) mass is 767 g/mol. The Kier molecular flexibility index (Phi) is 33.9. The van der Waals surface area contributed by atoms with E-state index in [0.717, 1.165) is 25.7 Å². The fourth-order valence-electron chi connectivity index (χ4n) is 5.22. The summed E-state index contributed by atoms with van der Waals surface area (Å²) < 4.78 is 34.1. The second kappa shape index (κ2) is 35.4. The first-order valence-electron chi connectivity index (χ1n) is 20.6. The van der Waals surface area contributed by atoms with Crippen LogP contribution >= 0.6 is 7.82 Å². The van der Waals surface area contributed by atoms with Gasteiger partial charge in [0.15, 0.2) is 6.10 Å². The summed E-state index contributed by atoms with van der Waals surface area (Å²) in [5, 5.41) is 0. The quantitative estimate of drug-likeness (QED) is 0.0221. The van der Waals surface area contributed by atoms with Crippen LogP contribution in [-0.4, -0.2) is 74.9 Å². The molecule has 2 unspecified atom stereocenters. The van der Waals surface area contributed by atoms with Gasteiger partial charge in [0.2, 0.25) is 0 Å². The summed E-state index contributed by atoms with van der Waals surface area (Å²) >= 11 is 0. The van der Waals surface area contributed by atoms with Gasteiger partial charge in [-0.05, 0) is 25.7 Å². The van der Waals surface area contributed by atoms with Gasteiger partial charge in [-0.2, -0.15) is 0 Å². The Morgan fingerprint density at radius 3 is 1.58 bits per heavy atom. The minimum Gasteiger partial charge on any atom is -0.462 e. The molecule has 10 heteroatoms. The first kappa shape index (κ1) is 50.7. The van der Waals surface area contributed by atoms with Crippen molar-refractivity contribution in [3.05, 3.63) is 60.8 Å². The Morgan fingerprint density at radius 1 is 0.604 bits per heavy atom. The molecular formula is C43H77NO8P+. The van der Waals surface area contributed by atoms with E-state index in [1.165, 1.54) is 83.5 Å². The fraction of sp³-hybridized carbons (Fsp3) is 0.721. The second-order valence-corrected chi connectivity index (χ2v) is 16.2. The van der Waals surface area contributed by atoms with Crippen molar-refractivity contribution in [2.75, 3.05) is 47.5 Å². The normalized spacial score (nSPS) is 14.3. The molecule has 53 heavy (non-hydrogen) atoms. The summed E-state index contributed by atoms with van der Waals surface area (Å²) in [6, 6.07) is 0. The minimum atomic E-state index is -4.39. The molecule has 0 aromatic rings. The minimum absolute atomic E-state index is 0.0166. The molecule has 0 aliphatic carbocycles. The van der Waals surface area contributed by atoms with Crippen molar-refractivity contribution in [3.63, 3.8) is 0 Å². The van der Waals surface area contributed by atoms with Crippen LogP contribution in [0.2, 0.25) is 0 Å². The number of esters is 2. The molecule has 0 aliphatic heterocycles. The van der Waals surface area contributed by atoms with Gasteiger partial charge in [-0.25, -0.2) is 4.57 Å². The third-order valence-corrected chi connectivity index (χ3v) is 9.42. The van der Waals surface area contributed by atoms with Crippen LogP contribution in [0.4, 0.5) is 0 Å². The molecule has 0 aliphatic rings. The molecule has 0 aromatic carbocycles. The molecule has 0 rings (SSSR count). The lowest BCUT2D eigenvalue weighted by Gasteiger charge is -2.24. The van der Waals surface area contributed by atoms with Crippen molar-refractivity contribution >= 4 is 19.8 Å². The number of unbranched alkanes of at least 4 members (excludes halogenated alkanes) is 16. The first-order chi connectivity index (χ1) is 25.5. The molecule has 0 fully saturated rings. The molecule has 0 spiro atoms. The number of phosphoric acid groups is 1. The lowest BCUT2D eigenvalue weighted by atomic mass is 10.0. The molecule has 1 N–H and O–H groups in total. The van der Waals surface area contributed by atoms with E-state index in [1.807, 2.05) is 75.8 Å². The highest BCUT2D eigenvalue weighted by molar-refractivity contribution is 7.47. The lowest BCUT2D eigenvalue weighted by molar-refractivity contribution is -0.870. The number of carbonyl (C=O) groups is 2. The van der Waals surface area contributed by atoms with E-state index in [2.05, 4.69) is 19.9 Å². The zero-order valence-corrected chi connectivity index (χ0v) is 35.1. The van der Waals surface area contributed by atoms with Crippen LogP contribution in [0.25, 0.3) is 0 Å². The van der Waals surface area contributed by atoms with E-state index in [-0.39, 0.29) is 32.0 Å². The maximum atomic E-state index is 12.6. The number of ether oxygens (including phenoxy) is 2. The van der Waals surface area contributed by atoms with E-state index < -0.39 is 26.5 Å². The van der Waals surface area contributed by atoms with Crippen molar-refractivity contribution in [2.24, 2.45) is 0 Å². The Bertz CT molecular complexity index is 1090. The Balaban J connectivity index is 4.48. The number of likely N-dealkylation sites (N-methyl/N-ethyl adjacent to an activating group) is 1. The molecule has 306 valence electrons. The molecule has 0 bridgehead atoms. The van der Waals surface area contributed by atoms with Crippen molar-refractivity contribution < 1.29 is 42.1 Å². The number of hydrogen-bond acceptors (Lipinski definition) is 7. The van der Waals surface area contributed by atoms with Gasteiger partial charge in [0, 0.05) is 12.8 Å². The number of carbonyl (C=O) groups excluding carboxylic acids is 2. The molecule has 0 aromatic heterocycles. The van der Waals surface area contributed by atoms with Gasteiger partial charge in [-0.3, -0.25) is 18.6 Å². The van der Waals surface area contributed by atoms with Gasteiger partial charge in [0.1, 0.15) is 19.8 Å². The van der Waals surface area contributed by atoms with Crippen LogP contribution in [-0.2, 0) is 32.7 Å². The predicted octanol–water partition coefficient (Wildman–Crippen LogP) is 11.3. The second-order valence-electron chi connectivity index (χ2n) is 14.8. The maximum Gasteiger partial charge on any atom is 0.472 e. The first-order valence-corrected chi connectivity index (χ1v) is 22.1. The van der Waals surface area contributed by atoms with Crippen molar-refractivity contribution in [3.8, 4) is 0 Å². The third-order valence-electron chi connectivity index (χ3n) is 8.44. The SMILES string of the molecule is CC/C=C/C=C/C=C/C=C/C=C/CCCC(=O)OC(COC(=O)CCCCCCCCCCCCCCCCCC)COP(=O)(O)OCC[N+](C)(C)C. The van der Waals surface area contributed by atoms with Crippen LogP contribution in [0.1, 0.15) is 149 Å². The van der Waals surface area contributed by atoms with E-state index in [9.17, 15) is 19.0 Å². The van der Waals surface area contributed by atoms with E-state index in [0.29, 0.717) is 23.9 Å². The van der Waals surface area contributed by atoms with Gasteiger partial charge in [0.25, 0.3) is 0 Å². The van der Waals surface area contributed by atoms with Gasteiger partial charge < -0.3 is 18.9 Å². The average Bonchev–Trinajstić information content (AvgIpc) is 3.10. The highest BCUT2D eigenvalue weighted by Crippen LogP contribution is 2.43. The third kappa shape index (κ3) is 39.2. The van der Waals surface area contributed by atoms with Gasteiger partial charge in [-0.1, -0.05) is 171 Å². The van der Waals surface area contributed by atoms with Gasteiger partial charge in [0.05, 0.1) is 27.7 Å². The highest BCUT2D eigenvalue weighted by atomic mass is 31.2. The summed E-state index contributed by atoms with van der Waals surface area (Å²) in [6.07, 6.45) is 41.4. The fourth-order valence-corrected chi connectivity index (χ4v) is 5.96. The molecule has 9 nitrogen and oxygen atoms in total.